The van der Waals surface area contributed by atoms with Crippen LogP contribution in [0.1, 0.15) is 31.7 Å². The summed E-state index contributed by atoms with van der Waals surface area (Å²) in [4.78, 5) is 15.1. The molecule has 8 nitrogen and oxygen atoms in total. The van der Waals surface area contributed by atoms with Gasteiger partial charge in [0.05, 0.1) is 10.1 Å². The number of carbonyl (C=O) groups is 1. The smallest absolute Gasteiger partial charge is 0.277 e. The summed E-state index contributed by atoms with van der Waals surface area (Å²) in [7, 11) is -3.56. The molecular formula is C24H26N4O4S2. The lowest BCUT2D eigenvalue weighted by Crippen LogP contribution is -2.35. The van der Waals surface area contributed by atoms with Crippen LogP contribution in [0.2, 0.25) is 0 Å². The van der Waals surface area contributed by atoms with Gasteiger partial charge in [0.2, 0.25) is 21.8 Å². The number of piperidine rings is 1. The molecule has 178 valence electrons. The first-order valence-electron chi connectivity index (χ1n) is 11.4. The Labute approximate surface area is 203 Å². The average Bonchev–Trinajstić information content (AvgIpc) is 3.51. The van der Waals surface area contributed by atoms with Gasteiger partial charge in [-0.05, 0) is 56.0 Å². The quantitative estimate of drug-likeness (QED) is 0.474. The second-order valence-electron chi connectivity index (χ2n) is 8.49. The van der Waals surface area contributed by atoms with Gasteiger partial charge in [0, 0.05) is 30.9 Å². The molecular weight excluding hydrogens is 472 g/mol. The Morgan fingerprint density at radius 1 is 1.03 bits per heavy atom. The number of sulfonamides is 1. The third kappa shape index (κ3) is 4.49. The number of hydrogen-bond acceptors (Lipinski definition) is 7. The van der Waals surface area contributed by atoms with Crippen LogP contribution < -0.4 is 4.90 Å². The number of rotatable bonds is 6. The third-order valence-electron chi connectivity index (χ3n) is 6.22. The monoisotopic (exact) mass is 498 g/mol. The number of carbonyl (C=O) groups excluding carboxylic acids is 1. The fourth-order valence-corrected chi connectivity index (χ4v) is 6.72. The van der Waals surface area contributed by atoms with E-state index in [1.807, 2.05) is 31.2 Å². The van der Waals surface area contributed by atoms with Crippen LogP contribution in [0.4, 0.5) is 5.69 Å². The van der Waals surface area contributed by atoms with Crippen molar-refractivity contribution in [3.05, 3.63) is 54.1 Å². The number of para-hydroxylation sites is 1. The van der Waals surface area contributed by atoms with Gasteiger partial charge in [-0.15, -0.1) is 10.2 Å². The number of thioether (sulfide) groups is 1. The van der Waals surface area contributed by atoms with Crippen molar-refractivity contribution in [1.29, 1.82) is 0 Å². The van der Waals surface area contributed by atoms with E-state index in [-0.39, 0.29) is 21.9 Å². The van der Waals surface area contributed by atoms with E-state index in [4.69, 9.17) is 4.42 Å². The Morgan fingerprint density at radius 2 is 1.82 bits per heavy atom. The fraction of sp³-hybridized carbons (Fsp3) is 0.375. The van der Waals surface area contributed by atoms with Gasteiger partial charge in [0.15, 0.2) is 0 Å². The maximum Gasteiger partial charge on any atom is 0.277 e. The molecule has 2 aliphatic heterocycles. The van der Waals surface area contributed by atoms with E-state index in [1.54, 1.807) is 29.2 Å². The first-order valence-corrected chi connectivity index (χ1v) is 13.8. The average molecular weight is 499 g/mol. The second kappa shape index (κ2) is 9.52. The topological polar surface area (TPSA) is 96.6 Å². The number of hydrogen-bond donors (Lipinski definition) is 0. The van der Waals surface area contributed by atoms with E-state index < -0.39 is 15.3 Å². The van der Waals surface area contributed by atoms with Crippen molar-refractivity contribution in [1.82, 2.24) is 14.5 Å². The molecule has 0 spiro atoms. The van der Waals surface area contributed by atoms with Crippen LogP contribution in [0.25, 0.3) is 11.5 Å². The molecule has 1 atom stereocenters. The molecule has 0 unspecified atom stereocenters. The van der Waals surface area contributed by atoms with Crippen molar-refractivity contribution in [2.45, 2.75) is 48.0 Å². The molecule has 3 aromatic rings. The summed E-state index contributed by atoms with van der Waals surface area (Å²) in [5.74, 6) is 0.216. The van der Waals surface area contributed by atoms with Crippen LogP contribution in [0.5, 0.6) is 0 Å². The van der Waals surface area contributed by atoms with Crippen molar-refractivity contribution < 1.29 is 17.6 Å². The van der Waals surface area contributed by atoms with Gasteiger partial charge in [0.25, 0.3) is 5.22 Å². The molecule has 0 saturated carbocycles. The molecule has 1 saturated heterocycles. The number of anilines is 1. The van der Waals surface area contributed by atoms with E-state index in [0.29, 0.717) is 25.2 Å². The molecule has 10 heteroatoms. The summed E-state index contributed by atoms with van der Waals surface area (Å²) in [6.45, 7) is 3.57. The Hall–Kier alpha value is -2.69. The number of amides is 1. The molecule has 2 aromatic carbocycles. The number of nitrogens with zero attached hydrogens (tertiary/aromatic N) is 4. The SMILES string of the molecule is C[C@H](Sc1nnc(-c2cccc(S(=O)(=O)N3CCCCC3)c2)o1)C(=O)N1CCc2ccccc21. The summed E-state index contributed by atoms with van der Waals surface area (Å²) in [5, 5.41) is 8.04. The fourth-order valence-electron chi connectivity index (χ4n) is 4.41. The molecule has 3 heterocycles. The van der Waals surface area contributed by atoms with Crippen LogP contribution in [0.15, 0.2) is 63.1 Å². The highest BCUT2D eigenvalue weighted by Gasteiger charge is 2.30. The zero-order chi connectivity index (χ0) is 23.7. The predicted octanol–water partition coefficient (Wildman–Crippen LogP) is 3.98. The highest BCUT2D eigenvalue weighted by atomic mass is 32.2. The zero-order valence-corrected chi connectivity index (χ0v) is 20.5. The second-order valence-corrected chi connectivity index (χ2v) is 11.7. The van der Waals surface area contributed by atoms with E-state index in [2.05, 4.69) is 10.2 Å². The van der Waals surface area contributed by atoms with Crippen molar-refractivity contribution in [3.8, 4) is 11.5 Å². The zero-order valence-electron chi connectivity index (χ0n) is 18.9. The lowest BCUT2D eigenvalue weighted by molar-refractivity contribution is -0.117. The predicted molar refractivity (Wildman–Crippen MR) is 130 cm³/mol. The van der Waals surface area contributed by atoms with Gasteiger partial charge >= 0.3 is 0 Å². The van der Waals surface area contributed by atoms with Gasteiger partial charge in [-0.2, -0.15) is 4.31 Å². The van der Waals surface area contributed by atoms with Gasteiger partial charge < -0.3 is 9.32 Å². The summed E-state index contributed by atoms with van der Waals surface area (Å²) in [6, 6.07) is 14.5. The first-order chi connectivity index (χ1) is 16.4. The molecule has 34 heavy (non-hydrogen) atoms. The molecule has 0 radical (unpaired) electrons. The Morgan fingerprint density at radius 3 is 2.65 bits per heavy atom. The highest BCUT2D eigenvalue weighted by molar-refractivity contribution is 8.00. The molecule has 0 aliphatic carbocycles. The molecule has 0 N–H and O–H groups in total. The number of fused-ring (bicyclic) bond motifs is 1. The van der Waals surface area contributed by atoms with Crippen molar-refractivity contribution in [3.63, 3.8) is 0 Å². The minimum absolute atomic E-state index is 0.00989. The molecule has 0 bridgehead atoms. The van der Waals surface area contributed by atoms with E-state index in [9.17, 15) is 13.2 Å². The lowest BCUT2D eigenvalue weighted by atomic mass is 10.2. The Balaban J connectivity index is 1.30. The Bertz CT molecular complexity index is 1300. The highest BCUT2D eigenvalue weighted by Crippen LogP contribution is 2.32. The summed E-state index contributed by atoms with van der Waals surface area (Å²) in [5.41, 5.74) is 2.66. The van der Waals surface area contributed by atoms with Crippen LogP contribution in [0, 0.1) is 0 Å². The Kier molecular flexibility index (Phi) is 6.46. The minimum atomic E-state index is -3.56. The van der Waals surface area contributed by atoms with E-state index in [0.717, 1.165) is 31.4 Å². The minimum Gasteiger partial charge on any atom is -0.411 e. The van der Waals surface area contributed by atoms with Gasteiger partial charge in [-0.25, -0.2) is 8.42 Å². The lowest BCUT2D eigenvalue weighted by Gasteiger charge is -2.25. The van der Waals surface area contributed by atoms with Crippen LogP contribution in [-0.4, -0.2) is 53.7 Å². The summed E-state index contributed by atoms with van der Waals surface area (Å²) < 4.78 is 33.4. The van der Waals surface area contributed by atoms with Crippen molar-refractivity contribution >= 4 is 33.4 Å². The third-order valence-corrected chi connectivity index (χ3v) is 9.04. The largest absolute Gasteiger partial charge is 0.411 e. The molecule has 1 fully saturated rings. The normalized spacial score (nSPS) is 17.5. The van der Waals surface area contributed by atoms with Crippen LogP contribution in [-0.2, 0) is 21.2 Å². The van der Waals surface area contributed by atoms with Gasteiger partial charge in [-0.1, -0.05) is 42.4 Å². The number of benzene rings is 2. The molecule has 1 amide bonds. The summed E-state index contributed by atoms with van der Waals surface area (Å²) >= 11 is 1.20. The standard InChI is InChI=1S/C24H26N4O4S2/c1-17(23(29)28-15-12-18-8-3-4-11-21(18)28)33-24-26-25-22(32-24)19-9-7-10-20(16-19)34(30,31)27-13-5-2-6-14-27/h3-4,7-11,16-17H,2,5-6,12-15H2,1H3/t17-/m0/s1. The maximum atomic E-state index is 13.0. The van der Waals surface area contributed by atoms with Crippen LogP contribution >= 0.6 is 11.8 Å². The van der Waals surface area contributed by atoms with Crippen molar-refractivity contribution in [2.24, 2.45) is 0 Å². The summed E-state index contributed by atoms with van der Waals surface area (Å²) in [6.07, 6.45) is 3.66. The van der Waals surface area contributed by atoms with E-state index >= 15 is 0 Å². The molecule has 2 aliphatic rings. The molecule has 1 aromatic heterocycles. The maximum absolute atomic E-state index is 13.0. The van der Waals surface area contributed by atoms with Gasteiger partial charge in [-0.3, -0.25) is 4.79 Å². The van der Waals surface area contributed by atoms with E-state index in [1.165, 1.54) is 21.6 Å². The molecule has 5 rings (SSSR count). The van der Waals surface area contributed by atoms with Gasteiger partial charge in [0.1, 0.15) is 0 Å². The first kappa shape index (κ1) is 23.1. The number of aromatic nitrogens is 2. The van der Waals surface area contributed by atoms with Crippen LogP contribution in [0.3, 0.4) is 0 Å². The van der Waals surface area contributed by atoms with Crippen molar-refractivity contribution in [2.75, 3.05) is 24.5 Å².